The SMILES string of the molecule is C1CC2CCC[NH+]3C2C(C1)CN1CCCCC13. The molecule has 3 heterocycles. The van der Waals surface area contributed by atoms with E-state index in [0.29, 0.717) is 0 Å². The number of quaternary nitrogens is 1. The Hall–Kier alpha value is -0.0800. The first-order valence-electron chi connectivity index (χ1n) is 8.03. The first kappa shape index (κ1) is 10.8. The Balaban J connectivity index is 1.63. The zero-order valence-corrected chi connectivity index (χ0v) is 11.0. The molecule has 5 unspecified atom stereocenters. The molecule has 0 amide bonds. The second-order valence-electron chi connectivity index (χ2n) is 6.95. The van der Waals surface area contributed by atoms with Crippen LogP contribution >= 0.6 is 0 Å². The Labute approximate surface area is 105 Å². The van der Waals surface area contributed by atoms with Crippen LogP contribution in [-0.4, -0.2) is 36.7 Å². The van der Waals surface area contributed by atoms with Crippen molar-refractivity contribution in [3.63, 3.8) is 0 Å². The minimum Gasteiger partial charge on any atom is -0.317 e. The van der Waals surface area contributed by atoms with Gasteiger partial charge in [-0.05, 0) is 38.5 Å². The van der Waals surface area contributed by atoms with Crippen LogP contribution in [0, 0.1) is 11.8 Å². The number of hydrogen-bond acceptors (Lipinski definition) is 1. The summed E-state index contributed by atoms with van der Waals surface area (Å²) in [6.07, 6.45) is 13.0. The van der Waals surface area contributed by atoms with Crippen LogP contribution in [0.15, 0.2) is 0 Å². The minimum absolute atomic E-state index is 0.922. The summed E-state index contributed by atoms with van der Waals surface area (Å²) in [5.41, 5.74) is 0. The highest BCUT2D eigenvalue weighted by molar-refractivity contribution is 4.90. The number of hydrogen-bond donors (Lipinski definition) is 1. The molecule has 4 fully saturated rings. The lowest BCUT2D eigenvalue weighted by Gasteiger charge is -2.56. The van der Waals surface area contributed by atoms with Crippen molar-refractivity contribution in [1.82, 2.24) is 4.90 Å². The molecule has 0 aromatic heterocycles. The molecule has 2 heteroatoms. The Morgan fingerprint density at radius 2 is 1.71 bits per heavy atom. The molecule has 1 aliphatic carbocycles. The van der Waals surface area contributed by atoms with Crippen molar-refractivity contribution in [1.29, 1.82) is 0 Å². The summed E-state index contributed by atoms with van der Waals surface area (Å²) in [5, 5.41) is 0. The summed E-state index contributed by atoms with van der Waals surface area (Å²) in [5.74, 6) is 2.15. The topological polar surface area (TPSA) is 7.68 Å². The van der Waals surface area contributed by atoms with E-state index in [4.69, 9.17) is 0 Å². The fourth-order valence-corrected chi connectivity index (χ4v) is 5.57. The zero-order chi connectivity index (χ0) is 11.2. The summed E-state index contributed by atoms with van der Waals surface area (Å²) < 4.78 is 0. The van der Waals surface area contributed by atoms with Gasteiger partial charge in [0, 0.05) is 31.3 Å². The third-order valence-electron chi connectivity index (χ3n) is 6.14. The number of nitrogens with one attached hydrogen (secondary N) is 1. The largest absolute Gasteiger partial charge is 0.317 e. The molecule has 0 radical (unpaired) electrons. The van der Waals surface area contributed by atoms with Gasteiger partial charge in [0.15, 0.2) is 0 Å². The van der Waals surface area contributed by atoms with Crippen LogP contribution in [0.25, 0.3) is 0 Å². The monoisotopic (exact) mass is 235 g/mol. The van der Waals surface area contributed by atoms with Crippen LogP contribution in [0.4, 0.5) is 0 Å². The molecule has 96 valence electrons. The van der Waals surface area contributed by atoms with Crippen LogP contribution in [0.3, 0.4) is 0 Å². The van der Waals surface area contributed by atoms with E-state index in [2.05, 4.69) is 4.90 Å². The molecule has 0 aromatic carbocycles. The summed E-state index contributed by atoms with van der Waals surface area (Å²) >= 11 is 0. The highest BCUT2D eigenvalue weighted by atomic mass is 15.4. The Morgan fingerprint density at radius 3 is 2.71 bits per heavy atom. The summed E-state index contributed by atoms with van der Waals surface area (Å²) in [6.45, 7) is 4.34. The molecule has 4 rings (SSSR count). The van der Waals surface area contributed by atoms with E-state index in [1.807, 2.05) is 4.90 Å². The van der Waals surface area contributed by atoms with Crippen molar-refractivity contribution in [2.24, 2.45) is 11.8 Å². The van der Waals surface area contributed by atoms with Crippen LogP contribution in [-0.2, 0) is 0 Å². The predicted octanol–water partition coefficient (Wildman–Crippen LogP) is 1.28. The van der Waals surface area contributed by atoms with Crippen LogP contribution in [0.1, 0.15) is 51.4 Å². The number of rotatable bonds is 0. The fourth-order valence-electron chi connectivity index (χ4n) is 5.57. The van der Waals surface area contributed by atoms with E-state index in [-0.39, 0.29) is 0 Å². The lowest BCUT2D eigenvalue weighted by molar-refractivity contribution is -0.982. The predicted molar refractivity (Wildman–Crippen MR) is 68.9 cm³/mol. The molecule has 0 aromatic rings. The first-order chi connectivity index (χ1) is 8.43. The van der Waals surface area contributed by atoms with Crippen LogP contribution < -0.4 is 4.90 Å². The lowest BCUT2D eigenvalue weighted by atomic mass is 9.70. The highest BCUT2D eigenvalue weighted by Gasteiger charge is 2.51. The normalized spacial score (nSPS) is 50.5. The fraction of sp³-hybridized carbons (Fsp3) is 1.00. The van der Waals surface area contributed by atoms with Gasteiger partial charge in [0.05, 0.1) is 12.6 Å². The van der Waals surface area contributed by atoms with Gasteiger partial charge in [-0.3, -0.25) is 4.90 Å². The van der Waals surface area contributed by atoms with Gasteiger partial charge in [0.1, 0.15) is 6.17 Å². The standard InChI is InChI=1S/C15H26N2/c1-2-9-16-11-13-6-3-5-12-7-4-10-17(15(12)13)14(16)8-1/h12-15H,1-11H2/p+1. The van der Waals surface area contributed by atoms with Gasteiger partial charge in [-0.1, -0.05) is 6.42 Å². The Bertz CT molecular complexity index is 289. The molecule has 0 spiro atoms. The third kappa shape index (κ3) is 1.67. The Morgan fingerprint density at radius 1 is 0.824 bits per heavy atom. The van der Waals surface area contributed by atoms with E-state index in [0.717, 1.165) is 24.0 Å². The van der Waals surface area contributed by atoms with Crippen molar-refractivity contribution in [3.05, 3.63) is 0 Å². The van der Waals surface area contributed by atoms with Crippen molar-refractivity contribution in [3.8, 4) is 0 Å². The quantitative estimate of drug-likeness (QED) is 0.664. The highest BCUT2D eigenvalue weighted by Crippen LogP contribution is 2.36. The van der Waals surface area contributed by atoms with Crippen molar-refractivity contribution in [2.45, 2.75) is 63.6 Å². The molecule has 5 atom stereocenters. The maximum atomic E-state index is 2.87. The second kappa shape index (κ2) is 4.24. The maximum Gasteiger partial charge on any atom is 0.144 e. The summed E-state index contributed by atoms with van der Waals surface area (Å²) in [4.78, 5) is 4.89. The molecular weight excluding hydrogens is 208 g/mol. The van der Waals surface area contributed by atoms with Gasteiger partial charge in [-0.25, -0.2) is 0 Å². The van der Waals surface area contributed by atoms with Gasteiger partial charge < -0.3 is 4.90 Å². The van der Waals surface area contributed by atoms with Crippen molar-refractivity contribution < 1.29 is 4.90 Å². The van der Waals surface area contributed by atoms with Gasteiger partial charge in [-0.15, -0.1) is 0 Å². The van der Waals surface area contributed by atoms with Gasteiger partial charge >= 0.3 is 0 Å². The molecule has 0 bridgehead atoms. The molecule has 17 heavy (non-hydrogen) atoms. The van der Waals surface area contributed by atoms with Gasteiger partial charge in [0.25, 0.3) is 0 Å². The van der Waals surface area contributed by atoms with Crippen molar-refractivity contribution >= 4 is 0 Å². The Kier molecular flexibility index (Phi) is 2.69. The van der Waals surface area contributed by atoms with Crippen LogP contribution in [0.5, 0.6) is 0 Å². The second-order valence-corrected chi connectivity index (χ2v) is 6.95. The average Bonchev–Trinajstić information content (AvgIpc) is 2.39. The summed E-state index contributed by atoms with van der Waals surface area (Å²) in [6, 6.07) is 1.07. The van der Waals surface area contributed by atoms with Gasteiger partial charge in [-0.2, -0.15) is 0 Å². The molecule has 1 N–H and O–H groups in total. The zero-order valence-electron chi connectivity index (χ0n) is 11.0. The van der Waals surface area contributed by atoms with E-state index in [1.54, 1.807) is 12.8 Å². The maximum absolute atomic E-state index is 2.87. The smallest absolute Gasteiger partial charge is 0.144 e. The van der Waals surface area contributed by atoms with Crippen LogP contribution in [0.2, 0.25) is 0 Å². The molecule has 4 aliphatic rings. The van der Waals surface area contributed by atoms with Gasteiger partial charge in [0.2, 0.25) is 0 Å². The molecular formula is C15H27N2+. The first-order valence-corrected chi connectivity index (χ1v) is 8.03. The number of piperidine rings is 2. The van der Waals surface area contributed by atoms with E-state index in [1.165, 1.54) is 58.2 Å². The van der Waals surface area contributed by atoms with E-state index >= 15 is 0 Å². The molecule has 3 aliphatic heterocycles. The number of fused-ring (bicyclic) bond motifs is 2. The average molecular weight is 235 g/mol. The lowest BCUT2D eigenvalue weighted by Crippen LogP contribution is -3.24. The van der Waals surface area contributed by atoms with Crippen molar-refractivity contribution in [2.75, 3.05) is 19.6 Å². The molecule has 1 saturated carbocycles. The minimum atomic E-state index is 0.922. The van der Waals surface area contributed by atoms with E-state index < -0.39 is 0 Å². The summed E-state index contributed by atoms with van der Waals surface area (Å²) in [7, 11) is 0. The number of nitrogens with zero attached hydrogens (tertiary/aromatic N) is 1. The third-order valence-corrected chi connectivity index (χ3v) is 6.14. The molecule has 2 nitrogen and oxygen atoms in total. The molecule has 3 saturated heterocycles. The van der Waals surface area contributed by atoms with E-state index in [9.17, 15) is 0 Å².